The van der Waals surface area contributed by atoms with E-state index in [2.05, 4.69) is 0 Å². The number of Topliss-reactive ketones (excluding diaryl/α,β-unsaturated/α-hetero) is 1. The Kier molecular flexibility index (Phi) is 10.2. The van der Waals surface area contributed by atoms with Gasteiger partial charge in [-0.2, -0.15) is 0 Å². The fourth-order valence-electron chi connectivity index (χ4n) is 5.41. The van der Waals surface area contributed by atoms with Crippen molar-refractivity contribution in [2.45, 2.75) is 59.0 Å². The average Bonchev–Trinajstić information content (AvgIpc) is 3.03. The number of carbonyl (C=O) groups excluding carboxylic acids is 6. The second kappa shape index (κ2) is 14.6. The van der Waals surface area contributed by atoms with E-state index in [0.29, 0.717) is 11.1 Å². The van der Waals surface area contributed by atoms with Crippen LogP contribution in [0.4, 0.5) is 0 Å². The lowest BCUT2D eigenvalue weighted by atomic mass is 9.92. The minimum atomic E-state index is -1.54. The van der Waals surface area contributed by atoms with Crippen molar-refractivity contribution >= 4 is 35.6 Å². The van der Waals surface area contributed by atoms with Crippen molar-refractivity contribution in [3.63, 3.8) is 0 Å². The molecule has 2 heterocycles. The Labute approximate surface area is 285 Å². The Balaban J connectivity index is 1.56. The molecule has 0 aromatic heterocycles. The van der Waals surface area contributed by atoms with Crippen molar-refractivity contribution in [3.8, 4) is 40.2 Å². The summed E-state index contributed by atoms with van der Waals surface area (Å²) in [5, 5.41) is 0. The lowest BCUT2D eigenvalue weighted by Crippen LogP contribution is -2.40. The number of benzene rings is 3. The molecular weight excluding hydrogens is 660 g/mol. The number of hydrogen-bond donors (Lipinski definition) is 0. The molecule has 4 atom stereocenters. The molecule has 3 aromatic carbocycles. The van der Waals surface area contributed by atoms with Crippen LogP contribution >= 0.6 is 0 Å². The normalized spacial score (nSPS) is 18.8. The molecule has 262 valence electrons. The van der Waals surface area contributed by atoms with Gasteiger partial charge in [0.15, 0.2) is 41.3 Å². The van der Waals surface area contributed by atoms with Crippen molar-refractivity contribution in [3.05, 3.63) is 65.2 Å². The number of ketones is 1. The molecule has 5 rings (SSSR count). The largest absolute Gasteiger partial charge is 0.493 e. The van der Waals surface area contributed by atoms with Crippen LogP contribution in [0.3, 0.4) is 0 Å². The van der Waals surface area contributed by atoms with Crippen LogP contribution in [0.2, 0.25) is 0 Å². The van der Waals surface area contributed by atoms with Gasteiger partial charge in [-0.25, -0.2) is 0 Å². The van der Waals surface area contributed by atoms with Crippen molar-refractivity contribution < 1.29 is 71.4 Å². The number of esters is 5. The first-order chi connectivity index (χ1) is 23.7. The SMILES string of the molecule is COc1cc([C@@H]2Oc3cc([C@@H]4Oc5cc(OC(C)=O)cc(OC(C)=O)c5C(=O)[C@H]4OC(C)=O)ccc3O[C@@H]2COC(C)=O)ccc1OC(C)=O. The summed E-state index contributed by atoms with van der Waals surface area (Å²) in [5.74, 6) is -3.66. The maximum atomic E-state index is 13.9. The average molecular weight is 693 g/mol. The first-order valence-corrected chi connectivity index (χ1v) is 15.1. The van der Waals surface area contributed by atoms with E-state index in [9.17, 15) is 28.8 Å². The zero-order chi connectivity index (χ0) is 36.3. The molecule has 3 aromatic rings. The molecule has 0 aliphatic carbocycles. The molecule has 0 saturated heterocycles. The van der Waals surface area contributed by atoms with Crippen LogP contribution in [0.1, 0.15) is 68.3 Å². The van der Waals surface area contributed by atoms with Gasteiger partial charge >= 0.3 is 29.8 Å². The maximum absolute atomic E-state index is 13.9. The molecular formula is C35H32O15. The summed E-state index contributed by atoms with van der Waals surface area (Å²) in [6.07, 6.45) is -4.53. The van der Waals surface area contributed by atoms with Gasteiger partial charge in [0.2, 0.25) is 11.9 Å². The smallest absolute Gasteiger partial charge is 0.308 e. The van der Waals surface area contributed by atoms with Gasteiger partial charge < -0.3 is 42.6 Å². The number of carbonyl (C=O) groups is 6. The molecule has 0 radical (unpaired) electrons. The van der Waals surface area contributed by atoms with E-state index < -0.39 is 60.0 Å². The topological polar surface area (TPSA) is 185 Å². The number of methoxy groups -OCH3 is 1. The van der Waals surface area contributed by atoms with Gasteiger partial charge in [0.05, 0.1) is 7.11 Å². The van der Waals surface area contributed by atoms with Gasteiger partial charge in [-0.1, -0.05) is 12.1 Å². The number of rotatable bonds is 9. The zero-order valence-electron chi connectivity index (χ0n) is 27.8. The van der Waals surface area contributed by atoms with Gasteiger partial charge in [-0.3, -0.25) is 28.8 Å². The third kappa shape index (κ3) is 7.77. The summed E-state index contributed by atoms with van der Waals surface area (Å²) in [6, 6.07) is 11.8. The lowest BCUT2D eigenvalue weighted by molar-refractivity contribution is -0.149. The van der Waals surface area contributed by atoms with Crippen molar-refractivity contribution in [1.29, 1.82) is 0 Å². The van der Waals surface area contributed by atoms with E-state index in [0.717, 1.165) is 13.8 Å². The lowest BCUT2D eigenvalue weighted by Gasteiger charge is -2.36. The van der Waals surface area contributed by atoms with E-state index in [1.807, 2.05) is 0 Å². The number of hydrogen-bond acceptors (Lipinski definition) is 15. The fourth-order valence-corrected chi connectivity index (χ4v) is 5.41. The molecule has 0 unspecified atom stereocenters. The molecule has 0 bridgehead atoms. The Bertz CT molecular complexity index is 1880. The van der Waals surface area contributed by atoms with E-state index in [1.54, 1.807) is 24.3 Å². The number of ether oxygens (including phenoxy) is 9. The Morgan fingerprint density at radius 3 is 1.90 bits per heavy atom. The predicted octanol–water partition coefficient (Wildman–Crippen LogP) is 4.16. The molecule has 2 aliphatic heterocycles. The van der Waals surface area contributed by atoms with Gasteiger partial charge in [0.25, 0.3) is 0 Å². The van der Waals surface area contributed by atoms with Crippen molar-refractivity contribution in [1.82, 2.24) is 0 Å². The molecule has 0 spiro atoms. The fraction of sp³-hybridized carbons (Fsp3) is 0.314. The molecule has 0 saturated carbocycles. The standard InChI is InChI=1S/C35H32O15/c1-16(36)43-15-30-33(21-7-9-24(45-18(3)38)26(11-21)42-6)49-27-12-22(8-10-25(27)48-30)34-35(47-20(5)40)32(41)31-28(46-19(4)39)13-23(44-17(2)37)14-29(31)50-34/h7-14,30,33-35H,15H2,1-6H3/t30-,33+,34+,35-/m1/s1. The minimum absolute atomic E-state index is 0.0658. The van der Waals surface area contributed by atoms with E-state index in [4.69, 9.17) is 42.6 Å². The third-order valence-corrected chi connectivity index (χ3v) is 7.27. The van der Waals surface area contributed by atoms with E-state index in [-0.39, 0.29) is 52.4 Å². The first-order valence-electron chi connectivity index (χ1n) is 15.1. The summed E-state index contributed by atoms with van der Waals surface area (Å²) in [4.78, 5) is 73.0. The van der Waals surface area contributed by atoms with E-state index in [1.165, 1.54) is 52.1 Å². The molecule has 15 nitrogen and oxygen atoms in total. The molecule has 15 heteroatoms. The quantitative estimate of drug-likeness (QED) is 0.230. The first kappa shape index (κ1) is 35.2. The highest BCUT2D eigenvalue weighted by Gasteiger charge is 2.44. The maximum Gasteiger partial charge on any atom is 0.308 e. The zero-order valence-corrected chi connectivity index (χ0v) is 27.8. The summed E-state index contributed by atoms with van der Waals surface area (Å²) in [6.45, 7) is 5.73. The van der Waals surface area contributed by atoms with Gasteiger partial charge in [-0.15, -0.1) is 0 Å². The number of fused-ring (bicyclic) bond motifs is 2. The molecule has 0 N–H and O–H groups in total. The van der Waals surface area contributed by atoms with Gasteiger partial charge in [-0.05, 0) is 24.3 Å². The van der Waals surface area contributed by atoms with Crippen LogP contribution < -0.4 is 33.2 Å². The van der Waals surface area contributed by atoms with Crippen LogP contribution in [0.5, 0.6) is 40.2 Å². The monoisotopic (exact) mass is 692 g/mol. The van der Waals surface area contributed by atoms with Crippen LogP contribution in [-0.4, -0.2) is 61.6 Å². The Morgan fingerprint density at radius 2 is 1.26 bits per heavy atom. The Hall–Kier alpha value is -6.12. The highest BCUT2D eigenvalue weighted by molar-refractivity contribution is 6.07. The molecule has 2 aliphatic rings. The van der Waals surface area contributed by atoms with Gasteiger partial charge in [0, 0.05) is 57.9 Å². The van der Waals surface area contributed by atoms with Crippen molar-refractivity contribution in [2.75, 3.05) is 13.7 Å². The highest BCUT2D eigenvalue weighted by atomic mass is 16.6. The van der Waals surface area contributed by atoms with E-state index >= 15 is 0 Å². The van der Waals surface area contributed by atoms with Crippen LogP contribution in [0.25, 0.3) is 0 Å². The molecule has 0 amide bonds. The van der Waals surface area contributed by atoms with Crippen LogP contribution in [-0.2, 0) is 33.4 Å². The summed E-state index contributed by atoms with van der Waals surface area (Å²) in [7, 11) is 1.40. The molecule has 0 fully saturated rings. The minimum Gasteiger partial charge on any atom is -0.493 e. The molecule has 50 heavy (non-hydrogen) atoms. The Morgan fingerprint density at radius 1 is 0.620 bits per heavy atom. The van der Waals surface area contributed by atoms with Gasteiger partial charge in [0.1, 0.15) is 29.4 Å². The summed E-state index contributed by atoms with van der Waals surface area (Å²) < 4.78 is 50.6. The highest BCUT2D eigenvalue weighted by Crippen LogP contribution is 2.47. The second-order valence-electron chi connectivity index (χ2n) is 11.1. The van der Waals surface area contributed by atoms with Crippen molar-refractivity contribution in [2.24, 2.45) is 0 Å². The predicted molar refractivity (Wildman–Crippen MR) is 167 cm³/mol. The third-order valence-electron chi connectivity index (χ3n) is 7.27. The van der Waals surface area contributed by atoms with Crippen LogP contribution in [0.15, 0.2) is 48.5 Å². The van der Waals surface area contributed by atoms with Crippen LogP contribution in [0, 0.1) is 0 Å². The summed E-state index contributed by atoms with van der Waals surface area (Å²) >= 11 is 0. The summed E-state index contributed by atoms with van der Waals surface area (Å²) in [5.41, 5.74) is 0.623. The second-order valence-corrected chi connectivity index (χ2v) is 11.1.